The molecule has 2 aliphatic heterocycles. The molecule has 0 spiro atoms. The average molecular weight is 1100 g/mol. The van der Waals surface area contributed by atoms with Crippen LogP contribution in [0.2, 0.25) is 0 Å². The van der Waals surface area contributed by atoms with E-state index in [4.69, 9.17) is 44.8 Å². The number of rotatable bonds is 23. The van der Waals surface area contributed by atoms with Crippen molar-refractivity contribution in [2.75, 3.05) is 49.9 Å². The number of carbonyl (C=O) groups excluding carboxylic acids is 7. The highest BCUT2D eigenvalue weighted by molar-refractivity contribution is 6.19. The predicted molar refractivity (Wildman–Crippen MR) is 293 cm³/mol. The van der Waals surface area contributed by atoms with Gasteiger partial charge in [0.2, 0.25) is 24.2 Å². The number of ketones is 1. The van der Waals surface area contributed by atoms with Crippen LogP contribution < -0.4 is 29.7 Å². The Labute approximate surface area is 460 Å². The van der Waals surface area contributed by atoms with Crippen molar-refractivity contribution in [2.45, 2.75) is 130 Å². The SMILES string of the molecule is CCCC(=O)N[C@H](C(=O)C[C@@H](C)C(=O)Nc1ccc(COc2cc3c(c4ccccc24)[C@H](CCl)CN3C(=O)C2=Cc3cc(OCCN(C)C)ccc3C2)cc1O[C@@H]1O[C@H](C)[C@@H](OC(C)=O)[C@H](OC(C)=O)[C@H]1OC(C)=O)C(C)C. The lowest BCUT2D eigenvalue weighted by molar-refractivity contribution is -0.280. The number of nitrogens with one attached hydrogen (secondary N) is 2. The highest BCUT2D eigenvalue weighted by atomic mass is 35.5. The van der Waals surface area contributed by atoms with Crippen LogP contribution in [0.25, 0.3) is 16.8 Å². The fourth-order valence-electron chi connectivity index (χ4n) is 9.99. The van der Waals surface area contributed by atoms with Crippen molar-refractivity contribution in [3.05, 3.63) is 94.6 Å². The minimum absolute atomic E-state index is 0.00958. The van der Waals surface area contributed by atoms with E-state index in [1.807, 2.05) is 94.4 Å². The van der Waals surface area contributed by atoms with E-state index in [0.717, 1.165) is 53.6 Å². The molecule has 418 valence electrons. The van der Waals surface area contributed by atoms with Gasteiger partial charge in [-0.3, -0.25) is 33.6 Å². The average Bonchev–Trinajstić information content (AvgIpc) is 4.06. The number of alkyl halides is 1. The van der Waals surface area contributed by atoms with E-state index in [0.29, 0.717) is 48.6 Å². The highest BCUT2D eigenvalue weighted by Crippen LogP contribution is 2.47. The number of likely N-dealkylation sites (N-methyl/N-ethyl adjacent to an activating group) is 1. The number of amides is 3. The molecule has 0 saturated carbocycles. The monoisotopic (exact) mass is 1090 g/mol. The second-order valence-electron chi connectivity index (χ2n) is 20.7. The molecule has 7 rings (SSSR count). The maximum atomic E-state index is 14.6. The van der Waals surface area contributed by atoms with E-state index in [9.17, 15) is 33.6 Å². The van der Waals surface area contributed by atoms with Crippen LogP contribution in [0.5, 0.6) is 17.2 Å². The Morgan fingerprint density at radius 3 is 2.19 bits per heavy atom. The standard InChI is InChI=1S/C59H71ClN4O14/c1-11-14-51(69)62-53(32(2)3)48(68)23-33(4)57(70)61-46-20-17-38(24-50(46)78-59-56(77-37(8)67)55(76-36(7)66)54(34(5)74-59)75-35(6)65)31-73-49-28-47-52(45-16-13-12-15-44(45)49)42(29-60)30-64(47)58(71)41-25-39-18-19-43(27-40(39)26-41)72-22-21-63(9)10/h12-13,15-20,24,26-28,32-34,42,53-56,59H,11,14,21-23,25,29-31H2,1-10H3,(H,61,70)(H,62,69)/t33-,34-,42-,53+,54-,55+,56-,59+/m1/s1. The Morgan fingerprint density at radius 1 is 0.833 bits per heavy atom. The van der Waals surface area contributed by atoms with Crippen LogP contribution in [0.1, 0.15) is 103 Å². The van der Waals surface area contributed by atoms with Crippen LogP contribution in [0, 0.1) is 11.8 Å². The number of carbonyl (C=O) groups is 7. The maximum absolute atomic E-state index is 14.6. The lowest BCUT2D eigenvalue weighted by atomic mass is 9.92. The number of hydrogen-bond donors (Lipinski definition) is 2. The molecule has 2 heterocycles. The number of anilines is 2. The molecule has 2 N–H and O–H groups in total. The smallest absolute Gasteiger partial charge is 0.303 e. The van der Waals surface area contributed by atoms with Gasteiger partial charge < -0.3 is 53.6 Å². The molecule has 0 bridgehead atoms. The number of benzene rings is 4. The Morgan fingerprint density at radius 2 is 1.53 bits per heavy atom. The third-order valence-corrected chi connectivity index (χ3v) is 14.2. The summed E-state index contributed by atoms with van der Waals surface area (Å²) < 4.78 is 42.3. The number of halogens is 1. The van der Waals surface area contributed by atoms with Gasteiger partial charge in [0.05, 0.1) is 23.5 Å². The van der Waals surface area contributed by atoms with Crippen LogP contribution in [0.15, 0.2) is 72.3 Å². The molecule has 0 aromatic heterocycles. The quantitative estimate of drug-likeness (QED) is 0.0408. The molecule has 3 aliphatic rings. The Kier molecular flexibility index (Phi) is 19.6. The summed E-state index contributed by atoms with van der Waals surface area (Å²) >= 11 is 6.67. The molecule has 19 heteroatoms. The van der Waals surface area contributed by atoms with Crippen LogP contribution in [0.4, 0.5) is 11.4 Å². The van der Waals surface area contributed by atoms with Gasteiger partial charge in [0.1, 0.15) is 30.5 Å². The highest BCUT2D eigenvalue weighted by Gasteiger charge is 2.52. The molecule has 18 nitrogen and oxygen atoms in total. The first-order valence-corrected chi connectivity index (χ1v) is 27.0. The molecule has 1 aliphatic carbocycles. The Balaban J connectivity index is 1.20. The summed E-state index contributed by atoms with van der Waals surface area (Å²) in [6, 6.07) is 19.6. The van der Waals surface area contributed by atoms with Gasteiger partial charge in [-0.1, -0.05) is 64.1 Å². The third kappa shape index (κ3) is 14.2. The van der Waals surface area contributed by atoms with Crippen molar-refractivity contribution in [1.82, 2.24) is 10.2 Å². The van der Waals surface area contributed by atoms with E-state index in [2.05, 4.69) is 10.6 Å². The van der Waals surface area contributed by atoms with E-state index in [1.165, 1.54) is 6.92 Å². The zero-order chi connectivity index (χ0) is 56.5. The first-order valence-electron chi connectivity index (χ1n) is 26.4. The van der Waals surface area contributed by atoms with Crippen molar-refractivity contribution in [3.63, 3.8) is 0 Å². The first kappa shape index (κ1) is 58.7. The number of fused-ring (bicyclic) bond motifs is 4. The normalized spacial score (nSPS) is 20.2. The van der Waals surface area contributed by atoms with E-state index in [-0.39, 0.29) is 66.2 Å². The summed E-state index contributed by atoms with van der Waals surface area (Å²) in [5.41, 5.74) is 4.87. The summed E-state index contributed by atoms with van der Waals surface area (Å²) in [7, 11) is 3.97. The number of esters is 3. The van der Waals surface area contributed by atoms with Gasteiger partial charge in [-0.05, 0) is 91.3 Å². The van der Waals surface area contributed by atoms with Crippen LogP contribution >= 0.6 is 11.6 Å². The lowest BCUT2D eigenvalue weighted by Gasteiger charge is -2.43. The molecule has 1 fully saturated rings. The third-order valence-electron chi connectivity index (χ3n) is 13.8. The van der Waals surface area contributed by atoms with E-state index >= 15 is 0 Å². The van der Waals surface area contributed by atoms with Crippen molar-refractivity contribution < 1.29 is 66.7 Å². The van der Waals surface area contributed by atoms with Crippen molar-refractivity contribution in [3.8, 4) is 17.2 Å². The summed E-state index contributed by atoms with van der Waals surface area (Å²) in [5.74, 6) is -3.29. The molecule has 8 atom stereocenters. The van der Waals surface area contributed by atoms with Gasteiger partial charge in [-0.2, -0.15) is 0 Å². The minimum atomic E-state index is -1.50. The van der Waals surface area contributed by atoms with Gasteiger partial charge >= 0.3 is 17.9 Å². The molecule has 0 unspecified atom stereocenters. The zero-order valence-electron chi connectivity index (χ0n) is 46.0. The largest absolute Gasteiger partial charge is 0.492 e. The van der Waals surface area contributed by atoms with Crippen molar-refractivity contribution >= 4 is 81.2 Å². The molecule has 0 radical (unpaired) electrons. The van der Waals surface area contributed by atoms with Gasteiger partial charge in [-0.25, -0.2) is 0 Å². The number of Topliss-reactive ketones (excluding diaryl/α,β-unsaturated/α-hetero) is 1. The van der Waals surface area contributed by atoms with Crippen LogP contribution in [0.3, 0.4) is 0 Å². The molecule has 1 saturated heterocycles. The summed E-state index contributed by atoms with van der Waals surface area (Å²) in [5, 5.41) is 7.35. The van der Waals surface area contributed by atoms with E-state index in [1.54, 1.807) is 36.9 Å². The first-order chi connectivity index (χ1) is 37.1. The fraction of sp³-hybridized carbons (Fsp3) is 0.475. The molecule has 78 heavy (non-hydrogen) atoms. The maximum Gasteiger partial charge on any atom is 0.303 e. The van der Waals surface area contributed by atoms with Crippen molar-refractivity contribution in [1.29, 1.82) is 0 Å². The second kappa shape index (κ2) is 26.1. The van der Waals surface area contributed by atoms with Crippen LogP contribution in [-0.4, -0.2) is 123 Å². The predicted octanol–water partition coefficient (Wildman–Crippen LogP) is 8.06. The Hall–Kier alpha value is -7.02. The second-order valence-corrected chi connectivity index (χ2v) is 21.1. The summed E-state index contributed by atoms with van der Waals surface area (Å²) in [6.07, 6.45) is -3.49. The minimum Gasteiger partial charge on any atom is -0.492 e. The zero-order valence-corrected chi connectivity index (χ0v) is 46.7. The van der Waals surface area contributed by atoms with Gasteiger partial charge in [0.25, 0.3) is 5.91 Å². The molecule has 4 aromatic carbocycles. The molecule has 4 aromatic rings. The Bertz CT molecular complexity index is 2940. The topological polar surface area (TPSA) is 215 Å². The molecular formula is C59H71ClN4O14. The molecular weight excluding hydrogens is 1020 g/mol. The van der Waals surface area contributed by atoms with Gasteiger partial charge in [0.15, 0.2) is 18.0 Å². The fourth-order valence-corrected chi connectivity index (χ4v) is 10.2. The number of nitrogens with zero attached hydrogens (tertiary/aromatic N) is 2. The van der Waals surface area contributed by atoms with Crippen molar-refractivity contribution in [2.24, 2.45) is 11.8 Å². The summed E-state index contributed by atoms with van der Waals surface area (Å²) in [6.45, 7) is 13.7. The van der Waals surface area contributed by atoms with E-state index < -0.39 is 66.5 Å². The lowest BCUT2D eigenvalue weighted by Crippen LogP contribution is -2.62. The van der Waals surface area contributed by atoms with Crippen LogP contribution in [-0.2, 0) is 65.5 Å². The van der Waals surface area contributed by atoms with Gasteiger partial charge in [-0.15, -0.1) is 11.6 Å². The number of ether oxygens (including phenoxy) is 7. The number of hydrogen-bond acceptors (Lipinski definition) is 15. The van der Waals surface area contributed by atoms with Gasteiger partial charge in [0, 0.05) is 87.9 Å². The summed E-state index contributed by atoms with van der Waals surface area (Å²) in [4.78, 5) is 96.1. The molecule has 3 amide bonds.